The molecule has 0 bridgehead atoms. The van der Waals surface area contributed by atoms with Crippen LogP contribution < -0.4 is 21.7 Å². The van der Waals surface area contributed by atoms with Crippen LogP contribution in [0.25, 0.3) is 11.3 Å². The highest BCUT2D eigenvalue weighted by atomic mass is 16.5. The molecule has 0 atom stereocenters. The Morgan fingerprint density at radius 1 is 0.968 bits per heavy atom. The Hall–Kier alpha value is -3.09. The van der Waals surface area contributed by atoms with E-state index in [9.17, 15) is 0 Å². The van der Waals surface area contributed by atoms with Crippen molar-refractivity contribution in [3.8, 4) is 11.3 Å². The molecule has 6 heteroatoms. The predicted octanol–water partition coefficient (Wildman–Crippen LogP) is 4.25. The van der Waals surface area contributed by atoms with Gasteiger partial charge in [-0.25, -0.2) is 4.98 Å². The molecule has 2 aliphatic rings. The van der Waals surface area contributed by atoms with Crippen LogP contribution in [-0.2, 0) is 10.3 Å². The van der Waals surface area contributed by atoms with Crippen LogP contribution in [0.3, 0.4) is 0 Å². The lowest BCUT2D eigenvalue weighted by Crippen LogP contribution is -2.43. The molecule has 0 amide bonds. The van der Waals surface area contributed by atoms with Crippen molar-refractivity contribution in [3.63, 3.8) is 0 Å². The summed E-state index contributed by atoms with van der Waals surface area (Å²) in [6.45, 7) is 3.35. The normalized spacial score (nSPS) is 17.8. The van der Waals surface area contributed by atoms with Crippen LogP contribution >= 0.6 is 0 Å². The van der Waals surface area contributed by atoms with E-state index >= 15 is 0 Å². The van der Waals surface area contributed by atoms with E-state index in [1.54, 1.807) is 0 Å². The van der Waals surface area contributed by atoms with Crippen molar-refractivity contribution >= 4 is 22.9 Å². The Kier molecular flexibility index (Phi) is 5.26. The summed E-state index contributed by atoms with van der Waals surface area (Å²) >= 11 is 0. The van der Waals surface area contributed by atoms with E-state index in [2.05, 4.69) is 58.7 Å². The third-order valence-corrected chi connectivity index (χ3v) is 6.41. The minimum Gasteiger partial charge on any atom is -0.396 e. The molecule has 1 saturated carbocycles. The van der Waals surface area contributed by atoms with Crippen molar-refractivity contribution in [2.45, 2.75) is 24.8 Å². The minimum atomic E-state index is -0.152. The van der Waals surface area contributed by atoms with Gasteiger partial charge in [0.2, 0.25) is 0 Å². The van der Waals surface area contributed by atoms with Crippen molar-refractivity contribution in [1.82, 2.24) is 4.98 Å². The molecular weight excluding hydrogens is 386 g/mol. The molecule has 1 aromatic heterocycles. The molecule has 1 saturated heterocycles. The lowest BCUT2D eigenvalue weighted by Gasteiger charge is -2.38. The topological polar surface area (TPSA) is 89.4 Å². The summed E-state index contributed by atoms with van der Waals surface area (Å²) in [6.07, 6.45) is 3.32. The third-order valence-electron chi connectivity index (χ3n) is 6.41. The number of nitrogen functional groups attached to an aromatic ring is 1. The number of ether oxygens (including phenoxy) is 1. The van der Waals surface area contributed by atoms with Gasteiger partial charge in [-0.05, 0) is 61.2 Å². The summed E-state index contributed by atoms with van der Waals surface area (Å²) in [5.41, 5.74) is 18.4. The Morgan fingerprint density at radius 3 is 2.45 bits per heavy atom. The van der Waals surface area contributed by atoms with Crippen molar-refractivity contribution in [3.05, 3.63) is 66.2 Å². The first-order valence-corrected chi connectivity index (χ1v) is 11.0. The van der Waals surface area contributed by atoms with Gasteiger partial charge in [-0.3, -0.25) is 0 Å². The van der Waals surface area contributed by atoms with E-state index in [1.807, 2.05) is 12.1 Å². The first-order valence-electron chi connectivity index (χ1n) is 11.0. The van der Waals surface area contributed by atoms with Crippen LogP contribution in [0.5, 0.6) is 0 Å². The highest BCUT2D eigenvalue weighted by molar-refractivity contribution is 5.74. The van der Waals surface area contributed by atoms with Crippen molar-refractivity contribution in [2.75, 3.05) is 42.3 Å². The summed E-state index contributed by atoms with van der Waals surface area (Å²) in [5.74, 6) is 0.660. The van der Waals surface area contributed by atoms with E-state index in [1.165, 1.54) is 17.7 Å². The van der Waals surface area contributed by atoms with Gasteiger partial charge in [-0.15, -0.1) is 0 Å². The summed E-state index contributed by atoms with van der Waals surface area (Å²) in [7, 11) is 0. The number of pyridine rings is 1. The molecule has 1 aliphatic heterocycles. The number of aromatic nitrogens is 1. The minimum absolute atomic E-state index is 0.152. The van der Waals surface area contributed by atoms with Gasteiger partial charge in [0.1, 0.15) is 0 Å². The highest BCUT2D eigenvalue weighted by Crippen LogP contribution is 2.39. The van der Waals surface area contributed by atoms with Gasteiger partial charge in [0.15, 0.2) is 5.82 Å². The SMILES string of the molecule is Nc1ccc(-c2cccc(N3CCOCC3)c2)nc1Nc1ccc(C2(N)CCC2)cc1. The number of anilines is 4. The standard InChI is InChI=1S/C25H29N5O/c26-22-9-10-23(18-3-1-4-21(17-18)30-13-15-31-16-14-30)29-24(22)28-20-7-5-19(6-8-20)25(27)11-2-12-25/h1,3-10,17H,2,11-16,26-27H2,(H,28,29). The zero-order chi connectivity index (χ0) is 21.3. The fourth-order valence-electron chi connectivity index (χ4n) is 4.28. The number of nitrogens with two attached hydrogens (primary N) is 2. The number of hydrogen-bond donors (Lipinski definition) is 3. The summed E-state index contributed by atoms with van der Waals surface area (Å²) < 4.78 is 5.47. The van der Waals surface area contributed by atoms with Gasteiger partial charge in [0.05, 0.1) is 24.6 Å². The second kappa shape index (κ2) is 8.21. The molecule has 2 aromatic carbocycles. The van der Waals surface area contributed by atoms with Gasteiger partial charge in [-0.2, -0.15) is 0 Å². The third kappa shape index (κ3) is 4.09. The second-order valence-corrected chi connectivity index (χ2v) is 8.50. The molecule has 5 N–H and O–H groups in total. The molecule has 2 fully saturated rings. The molecular formula is C25H29N5O. The van der Waals surface area contributed by atoms with Gasteiger partial charge < -0.3 is 26.4 Å². The zero-order valence-electron chi connectivity index (χ0n) is 17.7. The largest absolute Gasteiger partial charge is 0.396 e. The quantitative estimate of drug-likeness (QED) is 0.577. The fraction of sp³-hybridized carbons (Fsp3) is 0.320. The van der Waals surface area contributed by atoms with Crippen LogP contribution in [0.4, 0.5) is 22.9 Å². The molecule has 6 nitrogen and oxygen atoms in total. The lowest BCUT2D eigenvalue weighted by molar-refractivity contribution is 0.122. The molecule has 1 aliphatic carbocycles. The lowest BCUT2D eigenvalue weighted by atomic mass is 9.73. The number of benzene rings is 2. The number of rotatable bonds is 5. The summed E-state index contributed by atoms with van der Waals surface area (Å²) in [6, 6.07) is 20.7. The van der Waals surface area contributed by atoms with Gasteiger partial charge in [-0.1, -0.05) is 24.3 Å². The average molecular weight is 416 g/mol. The van der Waals surface area contributed by atoms with E-state index in [4.69, 9.17) is 21.2 Å². The van der Waals surface area contributed by atoms with E-state index in [-0.39, 0.29) is 5.54 Å². The molecule has 3 aromatic rings. The van der Waals surface area contributed by atoms with Crippen LogP contribution in [0.2, 0.25) is 0 Å². The number of morpholine rings is 1. The highest BCUT2D eigenvalue weighted by Gasteiger charge is 2.34. The maximum absolute atomic E-state index is 6.44. The molecule has 0 spiro atoms. The molecule has 5 rings (SSSR count). The van der Waals surface area contributed by atoms with E-state index < -0.39 is 0 Å². The van der Waals surface area contributed by atoms with Crippen LogP contribution in [0.15, 0.2) is 60.7 Å². The molecule has 31 heavy (non-hydrogen) atoms. The maximum atomic E-state index is 6.44. The number of hydrogen-bond acceptors (Lipinski definition) is 6. The number of nitrogens with zero attached hydrogens (tertiary/aromatic N) is 2. The van der Waals surface area contributed by atoms with Crippen molar-refractivity contribution in [1.29, 1.82) is 0 Å². The molecule has 0 unspecified atom stereocenters. The van der Waals surface area contributed by atoms with Gasteiger partial charge >= 0.3 is 0 Å². The Morgan fingerprint density at radius 2 is 1.74 bits per heavy atom. The maximum Gasteiger partial charge on any atom is 0.154 e. The van der Waals surface area contributed by atoms with Gasteiger partial charge in [0, 0.05) is 35.6 Å². The van der Waals surface area contributed by atoms with Crippen molar-refractivity contribution < 1.29 is 4.74 Å². The first kappa shape index (κ1) is 19.8. The zero-order valence-corrected chi connectivity index (χ0v) is 17.7. The van der Waals surface area contributed by atoms with E-state index in [0.29, 0.717) is 11.5 Å². The smallest absolute Gasteiger partial charge is 0.154 e. The Labute approximate surface area is 183 Å². The van der Waals surface area contributed by atoms with Crippen molar-refractivity contribution in [2.24, 2.45) is 5.73 Å². The predicted molar refractivity (Wildman–Crippen MR) is 127 cm³/mol. The average Bonchev–Trinajstić information content (AvgIpc) is 2.80. The van der Waals surface area contributed by atoms with E-state index in [0.717, 1.165) is 56.1 Å². The summed E-state index contributed by atoms with van der Waals surface area (Å²) in [5, 5.41) is 3.37. The first-order chi connectivity index (χ1) is 15.1. The monoisotopic (exact) mass is 415 g/mol. The van der Waals surface area contributed by atoms with Crippen LogP contribution in [0, 0.1) is 0 Å². The second-order valence-electron chi connectivity index (χ2n) is 8.50. The van der Waals surface area contributed by atoms with Gasteiger partial charge in [0.25, 0.3) is 0 Å². The Balaban J connectivity index is 1.37. The van der Waals surface area contributed by atoms with Crippen LogP contribution in [0.1, 0.15) is 24.8 Å². The van der Waals surface area contributed by atoms with Crippen LogP contribution in [-0.4, -0.2) is 31.3 Å². The molecule has 2 heterocycles. The fourth-order valence-corrected chi connectivity index (χ4v) is 4.28. The molecule has 0 radical (unpaired) electrons. The summed E-state index contributed by atoms with van der Waals surface area (Å²) in [4.78, 5) is 7.16. The number of nitrogens with one attached hydrogen (secondary N) is 1. The molecule has 160 valence electrons. The Bertz CT molecular complexity index is 1060.